The molecule has 1 unspecified atom stereocenters. The smallest absolute Gasteiger partial charge is 0.246 e. The van der Waals surface area contributed by atoms with E-state index in [4.69, 9.17) is 4.42 Å². The number of rotatable bonds is 5. The normalized spacial score (nSPS) is 16.5. The summed E-state index contributed by atoms with van der Waals surface area (Å²) in [5.74, 6) is 0.323. The zero-order valence-corrected chi connectivity index (χ0v) is 16.8. The first-order valence-electron chi connectivity index (χ1n) is 8.85. The van der Waals surface area contributed by atoms with Gasteiger partial charge in [-0.15, -0.1) is 22.0 Å². The average Bonchev–Trinajstić information content (AvgIpc) is 3.35. The predicted octanol–water partition coefficient (Wildman–Crippen LogP) is 3.90. The number of thioether (sulfide) groups is 1. The highest BCUT2D eigenvalue weighted by atomic mass is 32.2. The molecule has 7 nitrogen and oxygen atoms in total. The fourth-order valence-corrected chi connectivity index (χ4v) is 4.87. The zero-order chi connectivity index (χ0) is 19.5. The predicted molar refractivity (Wildman–Crippen MR) is 109 cm³/mol. The van der Waals surface area contributed by atoms with Gasteiger partial charge in [0, 0.05) is 11.3 Å². The van der Waals surface area contributed by atoms with Gasteiger partial charge in [-0.2, -0.15) is 0 Å². The number of para-hydroxylation sites is 1. The molecule has 4 rings (SSSR count). The number of hydrogen-bond donors (Lipinski definition) is 1. The summed E-state index contributed by atoms with van der Waals surface area (Å²) in [6.07, 6.45) is 2.62. The Morgan fingerprint density at radius 2 is 2.14 bits per heavy atom. The van der Waals surface area contributed by atoms with E-state index in [2.05, 4.69) is 15.5 Å². The van der Waals surface area contributed by atoms with E-state index in [0.29, 0.717) is 5.13 Å². The van der Waals surface area contributed by atoms with Crippen molar-refractivity contribution < 1.29 is 14.0 Å². The Morgan fingerprint density at radius 3 is 2.89 bits per heavy atom. The minimum atomic E-state index is -0.302. The standard InChI is InChI=1S/C19H18N4O3S2/c1-2-17-21-22-19(28-17)20-16(24)11-23-12-6-3-4-8-14(12)27-15(10-18(23)25)13-7-5-9-26-13/h3-9,15H,2,10-11H2,1H3,(H,20,22,24). The number of carbonyl (C=O) groups is 2. The van der Waals surface area contributed by atoms with E-state index < -0.39 is 0 Å². The van der Waals surface area contributed by atoms with Gasteiger partial charge >= 0.3 is 0 Å². The van der Waals surface area contributed by atoms with E-state index >= 15 is 0 Å². The number of amides is 2. The van der Waals surface area contributed by atoms with Crippen LogP contribution in [0.3, 0.4) is 0 Å². The van der Waals surface area contributed by atoms with Gasteiger partial charge in [0.05, 0.1) is 17.2 Å². The molecule has 0 bridgehead atoms. The Bertz CT molecular complexity index is 987. The zero-order valence-electron chi connectivity index (χ0n) is 15.1. The van der Waals surface area contributed by atoms with Crippen LogP contribution >= 0.6 is 23.1 Å². The molecular formula is C19H18N4O3S2. The van der Waals surface area contributed by atoms with E-state index in [0.717, 1.165) is 27.8 Å². The van der Waals surface area contributed by atoms with Crippen LogP contribution in [0.2, 0.25) is 0 Å². The van der Waals surface area contributed by atoms with Crippen molar-refractivity contribution in [1.29, 1.82) is 0 Å². The SMILES string of the molecule is CCc1nnc(NC(=O)CN2C(=O)CC(c3ccco3)Sc3ccccc32)s1. The van der Waals surface area contributed by atoms with Crippen LogP contribution in [0.4, 0.5) is 10.8 Å². The topological polar surface area (TPSA) is 88.3 Å². The third kappa shape index (κ3) is 3.95. The number of nitrogens with one attached hydrogen (secondary N) is 1. The number of nitrogens with zero attached hydrogens (tertiary/aromatic N) is 3. The summed E-state index contributed by atoms with van der Waals surface area (Å²) in [6.45, 7) is 1.90. The lowest BCUT2D eigenvalue weighted by atomic mass is 10.2. The van der Waals surface area contributed by atoms with Crippen LogP contribution in [0.15, 0.2) is 52.0 Å². The molecule has 0 saturated heterocycles. The van der Waals surface area contributed by atoms with Crippen molar-refractivity contribution in [3.63, 3.8) is 0 Å². The van der Waals surface area contributed by atoms with Crippen molar-refractivity contribution in [1.82, 2.24) is 10.2 Å². The van der Waals surface area contributed by atoms with Crippen molar-refractivity contribution in [2.45, 2.75) is 29.9 Å². The second-order valence-corrected chi connectivity index (χ2v) is 8.48. The van der Waals surface area contributed by atoms with Gasteiger partial charge in [-0.25, -0.2) is 0 Å². The maximum absolute atomic E-state index is 13.0. The molecule has 2 aromatic heterocycles. The maximum atomic E-state index is 13.0. The van der Waals surface area contributed by atoms with Crippen LogP contribution in [0, 0.1) is 0 Å². The summed E-state index contributed by atoms with van der Waals surface area (Å²) < 4.78 is 5.52. The molecule has 1 aliphatic heterocycles. The van der Waals surface area contributed by atoms with Gasteiger partial charge in [-0.05, 0) is 30.7 Å². The highest BCUT2D eigenvalue weighted by Crippen LogP contribution is 2.45. The van der Waals surface area contributed by atoms with Crippen LogP contribution in [-0.4, -0.2) is 28.6 Å². The number of carbonyl (C=O) groups excluding carboxylic acids is 2. The van der Waals surface area contributed by atoms with Crippen LogP contribution < -0.4 is 10.2 Å². The lowest BCUT2D eigenvalue weighted by Crippen LogP contribution is -2.38. The molecule has 0 radical (unpaired) electrons. The van der Waals surface area contributed by atoms with Crippen LogP contribution in [0.25, 0.3) is 0 Å². The number of aryl methyl sites for hydroxylation is 1. The van der Waals surface area contributed by atoms with Gasteiger partial charge < -0.3 is 9.32 Å². The van der Waals surface area contributed by atoms with Gasteiger partial charge in [-0.3, -0.25) is 14.9 Å². The van der Waals surface area contributed by atoms with Gasteiger partial charge in [0.1, 0.15) is 17.3 Å². The Kier molecular flexibility index (Phi) is 5.45. The fraction of sp³-hybridized carbons (Fsp3) is 0.263. The van der Waals surface area contributed by atoms with Crippen molar-refractivity contribution in [3.8, 4) is 0 Å². The van der Waals surface area contributed by atoms with E-state index in [9.17, 15) is 9.59 Å². The molecule has 0 aliphatic carbocycles. The molecule has 0 saturated carbocycles. The fourth-order valence-electron chi connectivity index (χ4n) is 2.93. The lowest BCUT2D eigenvalue weighted by Gasteiger charge is -2.21. The van der Waals surface area contributed by atoms with E-state index in [1.807, 2.05) is 43.3 Å². The summed E-state index contributed by atoms with van der Waals surface area (Å²) in [4.78, 5) is 28.0. The summed E-state index contributed by atoms with van der Waals surface area (Å²) in [5, 5.41) is 11.9. The third-order valence-corrected chi connectivity index (χ3v) is 6.53. The molecule has 1 N–H and O–H groups in total. The van der Waals surface area contributed by atoms with E-state index in [-0.39, 0.29) is 30.0 Å². The highest BCUT2D eigenvalue weighted by molar-refractivity contribution is 7.99. The number of benzene rings is 1. The van der Waals surface area contributed by atoms with Crippen molar-refractivity contribution >= 4 is 45.7 Å². The Morgan fingerprint density at radius 1 is 1.29 bits per heavy atom. The Balaban J connectivity index is 1.56. The minimum Gasteiger partial charge on any atom is -0.468 e. The van der Waals surface area contributed by atoms with Crippen molar-refractivity contribution in [2.24, 2.45) is 0 Å². The molecule has 1 atom stereocenters. The second kappa shape index (κ2) is 8.15. The van der Waals surface area contributed by atoms with Crippen molar-refractivity contribution in [3.05, 3.63) is 53.4 Å². The van der Waals surface area contributed by atoms with Crippen LogP contribution in [-0.2, 0) is 16.0 Å². The van der Waals surface area contributed by atoms with Crippen LogP contribution in [0.1, 0.15) is 29.4 Å². The number of hydrogen-bond acceptors (Lipinski definition) is 7. The molecule has 1 aromatic carbocycles. The second-order valence-electron chi connectivity index (χ2n) is 6.18. The van der Waals surface area contributed by atoms with Crippen LogP contribution in [0.5, 0.6) is 0 Å². The molecule has 144 valence electrons. The molecule has 9 heteroatoms. The largest absolute Gasteiger partial charge is 0.468 e. The van der Waals surface area contributed by atoms with Gasteiger partial charge in [-0.1, -0.05) is 30.4 Å². The first-order valence-corrected chi connectivity index (χ1v) is 10.6. The monoisotopic (exact) mass is 414 g/mol. The average molecular weight is 415 g/mol. The Labute approximate surface area is 170 Å². The van der Waals surface area contributed by atoms with E-state index in [1.165, 1.54) is 16.2 Å². The van der Waals surface area contributed by atoms with Gasteiger partial charge in [0.25, 0.3) is 0 Å². The molecule has 0 fully saturated rings. The highest BCUT2D eigenvalue weighted by Gasteiger charge is 2.31. The maximum Gasteiger partial charge on any atom is 0.246 e. The minimum absolute atomic E-state index is 0.0810. The summed E-state index contributed by atoms with van der Waals surface area (Å²) in [6, 6.07) is 11.3. The number of furan rings is 1. The summed E-state index contributed by atoms with van der Waals surface area (Å²) >= 11 is 2.91. The van der Waals surface area contributed by atoms with Crippen molar-refractivity contribution in [2.75, 3.05) is 16.8 Å². The summed E-state index contributed by atoms with van der Waals surface area (Å²) in [5.41, 5.74) is 0.730. The molecular weight excluding hydrogens is 396 g/mol. The molecule has 28 heavy (non-hydrogen) atoms. The lowest BCUT2D eigenvalue weighted by molar-refractivity contribution is -0.121. The molecule has 1 aliphatic rings. The van der Waals surface area contributed by atoms with Gasteiger partial charge in [0.15, 0.2) is 0 Å². The first kappa shape index (κ1) is 18.7. The molecule has 3 heterocycles. The van der Waals surface area contributed by atoms with Gasteiger partial charge in [0.2, 0.25) is 16.9 Å². The molecule has 0 spiro atoms. The molecule has 2 amide bonds. The Hall–Kier alpha value is -2.65. The third-order valence-electron chi connectivity index (χ3n) is 4.26. The number of aromatic nitrogens is 2. The summed E-state index contributed by atoms with van der Waals surface area (Å²) in [7, 11) is 0. The number of fused-ring (bicyclic) bond motifs is 1. The molecule has 3 aromatic rings. The first-order chi connectivity index (χ1) is 13.6. The van der Waals surface area contributed by atoms with E-state index in [1.54, 1.807) is 18.0 Å². The quantitative estimate of drug-likeness (QED) is 0.681. The number of anilines is 2.